The highest BCUT2D eigenvalue weighted by molar-refractivity contribution is 7.86. The van der Waals surface area contributed by atoms with E-state index in [1.165, 1.54) is 10.4 Å². The molecule has 1 saturated heterocycles. The molecule has 0 spiro atoms. The third-order valence-corrected chi connectivity index (χ3v) is 5.06. The molecule has 0 saturated carbocycles. The van der Waals surface area contributed by atoms with Crippen LogP contribution in [0.2, 0.25) is 0 Å². The Kier molecular flexibility index (Phi) is 6.47. The lowest BCUT2D eigenvalue weighted by atomic mass is 10.1. The Labute approximate surface area is 114 Å². The zero-order valence-corrected chi connectivity index (χ0v) is 11.9. The van der Waals surface area contributed by atoms with Gasteiger partial charge in [0.1, 0.15) is 6.54 Å². The monoisotopic (exact) mass is 290 g/mol. The Bertz CT molecular complexity index is 400. The number of hydrogen-bond donors (Lipinski definition) is 1. The van der Waals surface area contributed by atoms with Gasteiger partial charge in [0.2, 0.25) is 0 Å². The van der Waals surface area contributed by atoms with Crippen LogP contribution >= 0.6 is 0 Å². The van der Waals surface area contributed by atoms with Crippen LogP contribution < -0.4 is 0 Å². The molecule has 110 valence electrons. The highest BCUT2D eigenvalue weighted by Crippen LogP contribution is 2.16. The molecule has 1 aliphatic heterocycles. The van der Waals surface area contributed by atoms with Crippen LogP contribution in [-0.4, -0.2) is 54.3 Å². The average Bonchev–Trinajstić information content (AvgIpc) is 2.26. The van der Waals surface area contributed by atoms with Gasteiger partial charge in [-0.05, 0) is 12.8 Å². The quantitative estimate of drug-likeness (QED) is 0.742. The van der Waals surface area contributed by atoms with Gasteiger partial charge in [0.15, 0.2) is 0 Å². The fourth-order valence-electron chi connectivity index (χ4n) is 2.15. The van der Waals surface area contributed by atoms with Gasteiger partial charge in [0.05, 0.1) is 0 Å². The van der Waals surface area contributed by atoms with Crippen LogP contribution in [0.3, 0.4) is 0 Å². The number of hydrogen-bond acceptors (Lipinski definition) is 3. The van der Waals surface area contributed by atoms with Crippen LogP contribution in [0, 0.1) is 0 Å². The summed E-state index contributed by atoms with van der Waals surface area (Å²) in [5.74, 6) is -1.16. The van der Waals surface area contributed by atoms with E-state index in [9.17, 15) is 13.2 Å². The van der Waals surface area contributed by atoms with Gasteiger partial charge in [-0.3, -0.25) is 4.79 Å². The molecular weight excluding hydrogens is 268 g/mol. The van der Waals surface area contributed by atoms with Gasteiger partial charge in [-0.25, -0.2) is 0 Å². The minimum absolute atomic E-state index is 0.0190. The Morgan fingerprint density at radius 3 is 2.21 bits per heavy atom. The Hall–Kier alpha value is -0.920. The van der Waals surface area contributed by atoms with Gasteiger partial charge < -0.3 is 5.11 Å². The standard InChI is InChI=1S/C12H22N2O4S/c1-2-8-14(11-12(15)16)19(17,18)13-9-6-4-3-5-7-10-13/h2H,1,3-11H2,(H,15,16). The van der Waals surface area contributed by atoms with Crippen LogP contribution in [0.4, 0.5) is 0 Å². The van der Waals surface area contributed by atoms with E-state index in [1.807, 2.05) is 0 Å². The van der Waals surface area contributed by atoms with Crippen molar-refractivity contribution >= 4 is 16.2 Å². The number of rotatable bonds is 6. The molecule has 0 amide bonds. The van der Waals surface area contributed by atoms with E-state index in [2.05, 4.69) is 6.58 Å². The average molecular weight is 290 g/mol. The summed E-state index contributed by atoms with van der Waals surface area (Å²) in [5, 5.41) is 8.81. The molecule has 6 nitrogen and oxygen atoms in total. The predicted molar refractivity (Wildman–Crippen MR) is 73.0 cm³/mol. The van der Waals surface area contributed by atoms with E-state index in [4.69, 9.17) is 5.11 Å². The topological polar surface area (TPSA) is 77.9 Å². The van der Waals surface area contributed by atoms with E-state index < -0.39 is 22.7 Å². The number of aliphatic carboxylic acids is 1. The third-order valence-electron chi connectivity index (χ3n) is 3.11. The highest BCUT2D eigenvalue weighted by atomic mass is 32.2. The predicted octanol–water partition coefficient (Wildman–Crippen LogP) is 1.07. The fourth-order valence-corrected chi connectivity index (χ4v) is 3.76. The SMILES string of the molecule is C=CCN(CC(=O)O)S(=O)(=O)N1CCCCCCC1. The van der Waals surface area contributed by atoms with Gasteiger partial charge in [-0.1, -0.05) is 25.3 Å². The zero-order valence-electron chi connectivity index (χ0n) is 11.1. The largest absolute Gasteiger partial charge is 0.480 e. The Morgan fingerprint density at radius 1 is 1.21 bits per heavy atom. The lowest BCUT2D eigenvalue weighted by Gasteiger charge is -2.29. The van der Waals surface area contributed by atoms with Gasteiger partial charge in [0.25, 0.3) is 10.2 Å². The van der Waals surface area contributed by atoms with E-state index in [-0.39, 0.29) is 6.54 Å². The number of carboxylic acids is 1. The maximum atomic E-state index is 12.4. The minimum atomic E-state index is -3.71. The summed E-state index contributed by atoms with van der Waals surface area (Å²) in [6.07, 6.45) is 6.24. The normalized spacial score (nSPS) is 18.8. The molecule has 0 bridgehead atoms. The summed E-state index contributed by atoms with van der Waals surface area (Å²) in [4.78, 5) is 10.8. The number of nitrogens with zero attached hydrogens (tertiary/aromatic N) is 2. The first kappa shape index (κ1) is 16.1. The van der Waals surface area contributed by atoms with Crippen LogP contribution in [0.25, 0.3) is 0 Å². The second kappa shape index (κ2) is 7.62. The minimum Gasteiger partial charge on any atom is -0.480 e. The molecule has 0 aromatic rings. The number of carboxylic acid groups (broad SMARTS) is 1. The molecule has 1 fully saturated rings. The molecule has 7 heteroatoms. The van der Waals surface area contributed by atoms with Crippen molar-refractivity contribution in [3.8, 4) is 0 Å². The van der Waals surface area contributed by atoms with Crippen molar-refractivity contribution in [2.45, 2.75) is 32.1 Å². The maximum absolute atomic E-state index is 12.4. The van der Waals surface area contributed by atoms with Crippen molar-refractivity contribution in [2.24, 2.45) is 0 Å². The molecule has 19 heavy (non-hydrogen) atoms. The fraction of sp³-hybridized carbons (Fsp3) is 0.750. The molecule has 0 unspecified atom stereocenters. The van der Waals surface area contributed by atoms with Gasteiger partial charge in [0, 0.05) is 19.6 Å². The summed E-state index contributed by atoms with van der Waals surface area (Å²) < 4.78 is 27.2. The smallest absolute Gasteiger partial charge is 0.318 e. The second-order valence-electron chi connectivity index (χ2n) is 4.65. The first-order valence-corrected chi connectivity index (χ1v) is 7.96. The Balaban J connectivity index is 2.83. The first-order chi connectivity index (χ1) is 8.98. The summed E-state index contributed by atoms with van der Waals surface area (Å²) in [6, 6.07) is 0. The second-order valence-corrected chi connectivity index (χ2v) is 6.58. The van der Waals surface area contributed by atoms with Crippen LogP contribution in [0.1, 0.15) is 32.1 Å². The van der Waals surface area contributed by atoms with Gasteiger partial charge in [-0.2, -0.15) is 17.0 Å². The number of carbonyl (C=O) groups is 1. The van der Waals surface area contributed by atoms with E-state index in [1.54, 1.807) is 0 Å². The van der Waals surface area contributed by atoms with E-state index >= 15 is 0 Å². The lowest BCUT2D eigenvalue weighted by Crippen LogP contribution is -2.46. The molecular formula is C12H22N2O4S. The molecule has 0 aromatic heterocycles. The molecule has 1 N–H and O–H groups in total. The summed E-state index contributed by atoms with van der Waals surface area (Å²) in [7, 11) is -3.71. The molecule has 1 aliphatic rings. The summed E-state index contributed by atoms with van der Waals surface area (Å²) in [5.41, 5.74) is 0. The van der Waals surface area contributed by atoms with Crippen molar-refractivity contribution in [1.82, 2.24) is 8.61 Å². The van der Waals surface area contributed by atoms with Gasteiger partial charge in [-0.15, -0.1) is 6.58 Å². The van der Waals surface area contributed by atoms with E-state index in [0.29, 0.717) is 13.1 Å². The first-order valence-electron chi connectivity index (χ1n) is 6.56. The van der Waals surface area contributed by atoms with E-state index in [0.717, 1.165) is 36.4 Å². The lowest BCUT2D eigenvalue weighted by molar-refractivity contribution is -0.137. The summed E-state index contributed by atoms with van der Waals surface area (Å²) >= 11 is 0. The maximum Gasteiger partial charge on any atom is 0.318 e. The molecule has 0 atom stereocenters. The van der Waals surface area contributed by atoms with Crippen molar-refractivity contribution in [3.63, 3.8) is 0 Å². The highest BCUT2D eigenvalue weighted by Gasteiger charge is 2.30. The van der Waals surface area contributed by atoms with Crippen LogP contribution in [0.15, 0.2) is 12.7 Å². The molecule has 0 radical (unpaired) electrons. The van der Waals surface area contributed by atoms with Crippen molar-refractivity contribution in [1.29, 1.82) is 0 Å². The Morgan fingerprint density at radius 2 is 1.74 bits per heavy atom. The van der Waals surface area contributed by atoms with Crippen molar-refractivity contribution in [2.75, 3.05) is 26.2 Å². The van der Waals surface area contributed by atoms with Crippen molar-refractivity contribution < 1.29 is 18.3 Å². The van der Waals surface area contributed by atoms with Gasteiger partial charge >= 0.3 is 5.97 Å². The molecule has 0 aromatic carbocycles. The van der Waals surface area contributed by atoms with Crippen molar-refractivity contribution in [3.05, 3.63) is 12.7 Å². The molecule has 0 aliphatic carbocycles. The summed E-state index contributed by atoms with van der Waals surface area (Å²) in [6.45, 7) is 3.91. The van der Waals surface area contributed by atoms with Crippen LogP contribution in [-0.2, 0) is 15.0 Å². The zero-order chi connectivity index (χ0) is 14.3. The molecule has 1 heterocycles. The third kappa shape index (κ3) is 4.93. The van der Waals surface area contributed by atoms with Crippen LogP contribution in [0.5, 0.6) is 0 Å². The molecule has 1 rings (SSSR count).